The summed E-state index contributed by atoms with van der Waals surface area (Å²) >= 11 is 0. The molecule has 0 radical (unpaired) electrons. The average Bonchev–Trinajstić information content (AvgIpc) is 3.87. The first kappa shape index (κ1) is 45.3. The summed E-state index contributed by atoms with van der Waals surface area (Å²) in [6.07, 6.45) is 4.35. The fourth-order valence-electron chi connectivity index (χ4n) is 6.15. The second-order valence-corrected chi connectivity index (χ2v) is 14.4. The van der Waals surface area contributed by atoms with E-state index in [0.29, 0.717) is 24.1 Å². The van der Waals surface area contributed by atoms with Gasteiger partial charge in [0.05, 0.1) is 12.4 Å². The van der Waals surface area contributed by atoms with Crippen molar-refractivity contribution in [3.05, 3.63) is 54.1 Å². The molecular formula is C37H56N12O8. The minimum Gasteiger partial charge on any atom is -0.480 e. The van der Waals surface area contributed by atoms with E-state index in [1.54, 1.807) is 44.2 Å². The fourth-order valence-corrected chi connectivity index (χ4v) is 6.15. The predicted octanol–water partition coefficient (Wildman–Crippen LogP) is -2.23. The van der Waals surface area contributed by atoms with Gasteiger partial charge in [-0.05, 0) is 51.0 Å². The van der Waals surface area contributed by atoms with E-state index in [9.17, 15) is 38.7 Å². The Balaban J connectivity index is 1.62. The highest BCUT2D eigenvalue weighted by Crippen LogP contribution is 2.20. The maximum Gasteiger partial charge on any atom is 0.326 e. The Kier molecular flexibility index (Phi) is 17.4. The summed E-state index contributed by atoms with van der Waals surface area (Å²) in [6.45, 7) is 6.70. The molecule has 0 saturated carbocycles. The number of H-pyrrole nitrogens is 1. The zero-order valence-corrected chi connectivity index (χ0v) is 32.7. The number of aliphatic imine (C=N–C) groups is 1. The van der Waals surface area contributed by atoms with Crippen molar-refractivity contribution in [2.45, 2.75) is 109 Å². The third kappa shape index (κ3) is 14.2. The summed E-state index contributed by atoms with van der Waals surface area (Å²) in [5.41, 5.74) is 17.8. The molecule has 1 aromatic heterocycles. The molecule has 20 nitrogen and oxygen atoms in total. The number of nitrogens with one attached hydrogen (secondary N) is 6. The van der Waals surface area contributed by atoms with Gasteiger partial charge in [0.1, 0.15) is 36.3 Å². The lowest BCUT2D eigenvalue weighted by atomic mass is 10.0. The molecule has 3 rings (SSSR count). The van der Waals surface area contributed by atoms with Crippen LogP contribution in [0.4, 0.5) is 0 Å². The van der Waals surface area contributed by atoms with E-state index >= 15 is 0 Å². The molecule has 1 aromatic carbocycles. The number of rotatable bonds is 21. The molecule has 20 heteroatoms. The molecule has 1 fully saturated rings. The van der Waals surface area contributed by atoms with Crippen LogP contribution in [0.5, 0.6) is 0 Å². The number of amides is 6. The van der Waals surface area contributed by atoms with Gasteiger partial charge in [0, 0.05) is 37.8 Å². The predicted molar refractivity (Wildman–Crippen MR) is 209 cm³/mol. The maximum absolute atomic E-state index is 14.0. The number of carboxylic acid groups (broad SMARTS) is 1. The minimum atomic E-state index is -1.23. The van der Waals surface area contributed by atoms with Crippen LogP contribution in [-0.4, -0.2) is 123 Å². The first-order valence-electron chi connectivity index (χ1n) is 18.9. The molecule has 1 aliphatic rings. The topological polar surface area (TPSA) is 322 Å². The number of aliphatic carboxylic acids is 1. The number of nitrogens with zero attached hydrogens (tertiary/aromatic N) is 3. The number of hydrogen-bond donors (Lipinski definition) is 10. The van der Waals surface area contributed by atoms with Gasteiger partial charge in [-0.1, -0.05) is 44.2 Å². The van der Waals surface area contributed by atoms with Crippen LogP contribution >= 0.6 is 0 Å². The molecule has 2 heterocycles. The van der Waals surface area contributed by atoms with Crippen LogP contribution in [0, 0.1) is 5.92 Å². The maximum atomic E-state index is 14.0. The zero-order valence-electron chi connectivity index (χ0n) is 32.7. The summed E-state index contributed by atoms with van der Waals surface area (Å²) in [5.74, 6) is -5.54. The molecule has 1 aliphatic heterocycles. The summed E-state index contributed by atoms with van der Waals surface area (Å²) in [4.78, 5) is 104. The average molecular weight is 797 g/mol. The van der Waals surface area contributed by atoms with Crippen molar-refractivity contribution in [3.63, 3.8) is 0 Å². The normalized spacial score (nSPS) is 16.9. The van der Waals surface area contributed by atoms with E-state index in [4.69, 9.17) is 17.2 Å². The highest BCUT2D eigenvalue weighted by atomic mass is 16.4. The molecule has 0 aliphatic carbocycles. The quantitative estimate of drug-likeness (QED) is 0.0365. The van der Waals surface area contributed by atoms with Crippen LogP contribution in [0.3, 0.4) is 0 Å². The lowest BCUT2D eigenvalue weighted by Gasteiger charge is -2.30. The highest BCUT2D eigenvalue weighted by Gasteiger charge is 2.39. The number of guanidine groups is 1. The van der Waals surface area contributed by atoms with Gasteiger partial charge < -0.3 is 58.8 Å². The molecule has 6 amide bonds. The SMILES string of the molecule is CC(C)[C@H](NC(=O)[C@@H](N)CCCN=C(N)N)C(=O)N[C@@H](C)C(=O)N[C@@H](C)C(=O)N[C@@H](Cc1cnc[nH]1)C(=O)N1CCC[C@H]1C(=O)N[C@@H](Cc1ccccc1)C(=O)O. The van der Waals surface area contributed by atoms with Crippen molar-refractivity contribution in [1.82, 2.24) is 41.5 Å². The van der Waals surface area contributed by atoms with Gasteiger partial charge in [-0.25, -0.2) is 9.78 Å². The molecule has 2 aromatic rings. The third-order valence-corrected chi connectivity index (χ3v) is 9.38. The van der Waals surface area contributed by atoms with Gasteiger partial charge in [-0.15, -0.1) is 0 Å². The number of carboxylic acids is 1. The molecule has 0 spiro atoms. The van der Waals surface area contributed by atoms with Gasteiger partial charge in [0.25, 0.3) is 0 Å². The van der Waals surface area contributed by atoms with E-state index in [0.717, 1.165) is 0 Å². The van der Waals surface area contributed by atoms with E-state index in [2.05, 4.69) is 41.5 Å². The molecule has 0 unspecified atom stereocenters. The Hall–Kier alpha value is -6.05. The van der Waals surface area contributed by atoms with E-state index < -0.39 is 83.7 Å². The molecule has 1 saturated heterocycles. The zero-order chi connectivity index (χ0) is 42.2. The van der Waals surface area contributed by atoms with Crippen molar-refractivity contribution in [2.75, 3.05) is 13.1 Å². The summed E-state index contributed by atoms with van der Waals surface area (Å²) in [6, 6.07) is 1.13. The first-order chi connectivity index (χ1) is 27.0. The van der Waals surface area contributed by atoms with Crippen LogP contribution in [-0.2, 0) is 46.4 Å². The number of aromatic nitrogens is 2. The Labute approximate surface area is 330 Å². The smallest absolute Gasteiger partial charge is 0.326 e. The van der Waals surface area contributed by atoms with Crippen LogP contribution in [0.25, 0.3) is 0 Å². The second-order valence-electron chi connectivity index (χ2n) is 14.4. The van der Waals surface area contributed by atoms with Gasteiger partial charge in [0.15, 0.2) is 5.96 Å². The van der Waals surface area contributed by atoms with E-state index in [-0.39, 0.29) is 50.7 Å². The number of aromatic amines is 1. The van der Waals surface area contributed by atoms with Crippen molar-refractivity contribution < 1.29 is 38.7 Å². The third-order valence-electron chi connectivity index (χ3n) is 9.38. The molecular weight excluding hydrogens is 740 g/mol. The number of likely N-dealkylation sites (tertiary alicyclic amines) is 1. The molecule has 0 bridgehead atoms. The Morgan fingerprint density at radius 1 is 0.877 bits per heavy atom. The van der Waals surface area contributed by atoms with Gasteiger partial charge in [0.2, 0.25) is 35.4 Å². The summed E-state index contributed by atoms with van der Waals surface area (Å²) < 4.78 is 0. The molecule has 57 heavy (non-hydrogen) atoms. The monoisotopic (exact) mass is 796 g/mol. The van der Waals surface area contributed by atoms with Crippen LogP contribution in [0.15, 0.2) is 47.8 Å². The number of benzene rings is 1. The van der Waals surface area contributed by atoms with Gasteiger partial charge >= 0.3 is 5.97 Å². The second kappa shape index (κ2) is 21.9. The van der Waals surface area contributed by atoms with Crippen molar-refractivity contribution in [2.24, 2.45) is 28.1 Å². The molecule has 7 atom stereocenters. The lowest BCUT2D eigenvalue weighted by Crippen LogP contribution is -2.59. The Morgan fingerprint density at radius 3 is 2.12 bits per heavy atom. The molecule has 312 valence electrons. The summed E-state index contributed by atoms with van der Waals surface area (Å²) in [5, 5.41) is 22.8. The van der Waals surface area contributed by atoms with E-state index in [1.807, 2.05) is 0 Å². The minimum absolute atomic E-state index is 0.0312. The van der Waals surface area contributed by atoms with Crippen molar-refractivity contribution in [3.8, 4) is 0 Å². The molecule has 13 N–H and O–H groups in total. The van der Waals surface area contributed by atoms with Crippen LogP contribution in [0.2, 0.25) is 0 Å². The Bertz CT molecular complexity index is 1720. The summed E-state index contributed by atoms with van der Waals surface area (Å²) in [7, 11) is 0. The number of imidazole rings is 1. The van der Waals surface area contributed by atoms with Gasteiger partial charge in [-0.3, -0.25) is 33.8 Å². The van der Waals surface area contributed by atoms with Crippen molar-refractivity contribution in [1.29, 1.82) is 0 Å². The number of carbonyl (C=O) groups excluding carboxylic acids is 6. The first-order valence-corrected chi connectivity index (χ1v) is 18.9. The lowest BCUT2D eigenvalue weighted by molar-refractivity contribution is -0.145. The number of nitrogens with two attached hydrogens (primary N) is 3. The van der Waals surface area contributed by atoms with Crippen LogP contribution < -0.4 is 43.8 Å². The highest BCUT2D eigenvalue weighted by molar-refractivity contribution is 5.97. The number of hydrogen-bond acceptors (Lipinski definition) is 10. The fraction of sp³-hybridized carbons (Fsp3) is 0.541. The largest absolute Gasteiger partial charge is 0.480 e. The van der Waals surface area contributed by atoms with Gasteiger partial charge in [-0.2, -0.15) is 0 Å². The standard InChI is InChI=1S/C37H56N12O8/c1-20(2)29(48-32(52)25(38)12-8-14-42-37(39)40)34(54)45-21(3)30(50)44-22(4)31(51)46-26(17-24-18-41-19-43-24)35(55)49-15-9-13-28(49)33(53)47-27(36(56)57)16-23-10-6-5-7-11-23/h5-7,10-11,18-22,25-29H,8-9,12-17,38H2,1-4H3,(H,41,43)(H,44,50)(H,45,54)(H,46,51)(H,47,53)(H,48,52)(H,56,57)(H4,39,40,42)/t21-,22-,25-,26-,27-,28-,29-/m0/s1. The van der Waals surface area contributed by atoms with Crippen LogP contribution in [0.1, 0.15) is 64.6 Å². The van der Waals surface area contributed by atoms with E-state index in [1.165, 1.54) is 31.3 Å². The Morgan fingerprint density at radius 2 is 1.53 bits per heavy atom. The van der Waals surface area contributed by atoms with Crippen molar-refractivity contribution >= 4 is 47.4 Å². The number of carbonyl (C=O) groups is 7.